The van der Waals surface area contributed by atoms with Gasteiger partial charge < -0.3 is 65.4 Å². The van der Waals surface area contributed by atoms with Gasteiger partial charge in [0.2, 0.25) is 23.5 Å². The second kappa shape index (κ2) is 20.9. The Balaban J connectivity index is 0.863. The number of hydrogen-bond acceptors (Lipinski definition) is 24. The van der Waals surface area contributed by atoms with Crippen LogP contribution < -0.4 is 31.5 Å². The van der Waals surface area contributed by atoms with E-state index in [4.69, 9.17) is 34.4 Å². The van der Waals surface area contributed by atoms with E-state index in [-0.39, 0.29) is 24.3 Å². The SMILES string of the molecule is CCn1nnc([C@H]2O[C@@H](N(C)c3nc(NCCc4cn(C)cn4)nc(N[C@H]4CC[C@H](Nc5nc(NCCc6cn(C)cn6)nc6c5ncn6[C@H]5C[C@H](O)[C@@H](c6nnn(CC)n6)O5)CC4)c3NC)[C@H](O)C2O)n1. The number of nitrogens with one attached hydrogen (secondary N) is 5. The molecule has 0 bridgehead atoms. The first-order valence-electron chi connectivity index (χ1n) is 24.4. The van der Waals surface area contributed by atoms with Crippen molar-refractivity contribution < 1.29 is 24.8 Å². The van der Waals surface area contributed by atoms with Gasteiger partial charge >= 0.3 is 0 Å². The molecular formula is C43H62N24O5. The predicted molar refractivity (Wildman–Crippen MR) is 259 cm³/mol. The number of aryl methyl sites for hydroxylation is 4. The first kappa shape index (κ1) is 48.4. The summed E-state index contributed by atoms with van der Waals surface area (Å²) in [4.78, 5) is 38.0. The fraction of sp³-hybridized carbons (Fsp3) is 0.605. The van der Waals surface area contributed by atoms with Gasteiger partial charge in [0.05, 0.1) is 49.6 Å². The zero-order valence-corrected chi connectivity index (χ0v) is 41.0. The van der Waals surface area contributed by atoms with Crippen LogP contribution in [0.4, 0.5) is 35.0 Å². The Labute approximate surface area is 413 Å². The number of aromatic nitrogens is 18. The van der Waals surface area contributed by atoms with E-state index >= 15 is 0 Å². The minimum Gasteiger partial charge on any atom is -0.390 e. The predicted octanol–water partition coefficient (Wildman–Crippen LogP) is 0.559. The lowest BCUT2D eigenvalue weighted by molar-refractivity contribution is -0.0231. The Morgan fingerprint density at radius 1 is 0.708 bits per heavy atom. The molecule has 10 rings (SSSR count). The van der Waals surface area contributed by atoms with Gasteiger partial charge in [0.1, 0.15) is 30.2 Å². The molecule has 29 nitrogen and oxygen atoms in total. The van der Waals surface area contributed by atoms with Gasteiger partial charge in [-0.2, -0.15) is 29.5 Å². The van der Waals surface area contributed by atoms with Crippen molar-refractivity contribution in [1.29, 1.82) is 0 Å². The van der Waals surface area contributed by atoms with Crippen LogP contribution in [0.3, 0.4) is 0 Å². The third kappa shape index (κ3) is 10.1. The van der Waals surface area contributed by atoms with Crippen molar-refractivity contribution in [1.82, 2.24) is 89.0 Å². The molecule has 0 radical (unpaired) electrons. The molecule has 0 amide bonds. The van der Waals surface area contributed by atoms with Crippen molar-refractivity contribution in [2.75, 3.05) is 58.7 Å². The Morgan fingerprint density at radius 2 is 1.29 bits per heavy atom. The monoisotopic (exact) mass is 995 g/mol. The van der Waals surface area contributed by atoms with Crippen molar-refractivity contribution in [3.8, 4) is 0 Å². The molecule has 2 aliphatic heterocycles. The molecular weight excluding hydrogens is 933 g/mol. The van der Waals surface area contributed by atoms with E-state index in [9.17, 15) is 15.3 Å². The summed E-state index contributed by atoms with van der Waals surface area (Å²) in [7, 11) is 7.40. The quantitative estimate of drug-likeness (QED) is 0.0517. The highest BCUT2D eigenvalue weighted by atomic mass is 16.6. The maximum Gasteiger partial charge on any atom is 0.226 e. The number of tetrazole rings is 2. The lowest BCUT2D eigenvalue weighted by Crippen LogP contribution is -2.43. The third-order valence-electron chi connectivity index (χ3n) is 13.2. The summed E-state index contributed by atoms with van der Waals surface area (Å²) >= 11 is 0. The van der Waals surface area contributed by atoms with Gasteiger partial charge in [0.15, 0.2) is 40.9 Å². The number of anilines is 6. The van der Waals surface area contributed by atoms with E-state index in [0.717, 1.165) is 37.1 Å². The van der Waals surface area contributed by atoms with Gasteiger partial charge in [0, 0.05) is 85.0 Å². The van der Waals surface area contributed by atoms with E-state index in [0.29, 0.717) is 91.0 Å². The highest BCUT2D eigenvalue weighted by molar-refractivity contribution is 5.84. The molecule has 384 valence electrons. The fourth-order valence-corrected chi connectivity index (χ4v) is 9.37. The highest BCUT2D eigenvalue weighted by Gasteiger charge is 2.48. The van der Waals surface area contributed by atoms with E-state index in [1.807, 2.05) is 54.0 Å². The van der Waals surface area contributed by atoms with E-state index in [2.05, 4.69) is 67.4 Å². The summed E-state index contributed by atoms with van der Waals surface area (Å²) in [5.74, 6) is 2.82. The minimum absolute atomic E-state index is 0.0251. The van der Waals surface area contributed by atoms with Gasteiger partial charge in [-0.15, -0.1) is 20.4 Å². The minimum atomic E-state index is -1.33. The second-order valence-corrected chi connectivity index (χ2v) is 18.3. The van der Waals surface area contributed by atoms with E-state index in [1.165, 1.54) is 9.59 Å². The van der Waals surface area contributed by atoms with Crippen LogP contribution in [-0.4, -0.2) is 168 Å². The first-order valence-corrected chi connectivity index (χ1v) is 24.4. The summed E-state index contributed by atoms with van der Waals surface area (Å²) < 4.78 is 18.3. The Bertz CT molecular complexity index is 2920. The Hall–Kier alpha value is -7.21. The van der Waals surface area contributed by atoms with Crippen LogP contribution in [0.5, 0.6) is 0 Å². The molecule has 7 atom stereocenters. The maximum absolute atomic E-state index is 11.4. The number of ether oxygens (including phenoxy) is 2. The number of likely N-dealkylation sites (N-methyl/N-ethyl adjacent to an activating group) is 1. The molecule has 0 spiro atoms. The maximum atomic E-state index is 11.4. The van der Waals surface area contributed by atoms with Gasteiger partial charge in [-0.25, -0.2) is 15.0 Å². The van der Waals surface area contributed by atoms with Crippen LogP contribution >= 0.6 is 0 Å². The molecule has 3 aliphatic rings. The molecule has 8 N–H and O–H groups in total. The number of nitrogens with zero attached hydrogens (tertiary/aromatic N) is 19. The van der Waals surface area contributed by atoms with Crippen LogP contribution in [0, 0.1) is 0 Å². The topological polar surface area (TPSA) is 335 Å². The van der Waals surface area contributed by atoms with Gasteiger partial charge in [0.25, 0.3) is 0 Å². The lowest BCUT2D eigenvalue weighted by Gasteiger charge is -2.32. The van der Waals surface area contributed by atoms with Crippen LogP contribution in [0.25, 0.3) is 11.2 Å². The number of aliphatic hydroxyl groups is 3. The number of hydrogen-bond donors (Lipinski definition) is 8. The molecule has 9 heterocycles. The van der Waals surface area contributed by atoms with Crippen LogP contribution in [0.1, 0.15) is 87.4 Å². The average molecular weight is 995 g/mol. The van der Waals surface area contributed by atoms with Gasteiger partial charge in [-0.1, -0.05) is 0 Å². The normalized spacial score (nSPS) is 24.3. The molecule has 0 aromatic carbocycles. The lowest BCUT2D eigenvalue weighted by atomic mass is 9.91. The van der Waals surface area contributed by atoms with Gasteiger partial charge in [-0.05, 0) is 50.0 Å². The zero-order chi connectivity index (χ0) is 50.0. The Kier molecular flexibility index (Phi) is 14.0. The van der Waals surface area contributed by atoms with E-state index in [1.54, 1.807) is 38.0 Å². The standard InChI is InChI=1S/C43H62N24O5/c1-7-66-58-37(56-60-66)33-27(68)17-28(71-33)65-22-49-30-36(53-43(55-40(30)65)46-16-14-26-19-63(5)21-48-26)51-24-11-9-23(10-12-24)50-35-29(44-3)39(54-42(52-35)45-15-13-25-18-62(4)20-47-25)64(6)41-32(70)31(69)34(72-41)38-57-61-67(8-2)59-38/h18-24,27-28,31-34,41,44,68-70H,7-17H2,1-6H3,(H2,45,50,52,54)(H2,46,51,53,55)/t23-,24-,27-,28+,31?,32+,33-,34-,41+/m0/s1. The zero-order valence-electron chi connectivity index (χ0n) is 41.0. The summed E-state index contributed by atoms with van der Waals surface area (Å²) in [5, 5.41) is 76.1. The van der Waals surface area contributed by atoms with Gasteiger partial charge in [-0.3, -0.25) is 4.57 Å². The molecule has 1 unspecified atom stereocenters. The summed E-state index contributed by atoms with van der Waals surface area (Å²) in [5.41, 5.74) is 3.55. The summed E-state index contributed by atoms with van der Waals surface area (Å²) in [6, 6.07) is 0.0689. The van der Waals surface area contributed by atoms with Crippen molar-refractivity contribution in [2.45, 2.75) is 127 Å². The molecule has 2 saturated heterocycles. The fourth-order valence-electron chi connectivity index (χ4n) is 9.37. The second-order valence-electron chi connectivity index (χ2n) is 18.3. The highest BCUT2D eigenvalue weighted by Crippen LogP contribution is 2.41. The van der Waals surface area contributed by atoms with Crippen LogP contribution in [0.2, 0.25) is 0 Å². The third-order valence-corrected chi connectivity index (χ3v) is 13.2. The number of rotatable bonds is 20. The largest absolute Gasteiger partial charge is 0.390 e. The molecule has 1 aliphatic carbocycles. The Morgan fingerprint density at radius 3 is 1.86 bits per heavy atom. The molecule has 29 heteroatoms. The molecule has 72 heavy (non-hydrogen) atoms. The molecule has 1 saturated carbocycles. The molecule has 7 aromatic rings. The van der Waals surface area contributed by atoms with Crippen molar-refractivity contribution in [2.24, 2.45) is 14.1 Å². The van der Waals surface area contributed by atoms with E-state index < -0.39 is 43.0 Å². The molecule has 3 fully saturated rings. The summed E-state index contributed by atoms with van der Waals surface area (Å²) in [6.45, 7) is 5.86. The first-order chi connectivity index (χ1) is 34.9. The number of fused-ring (bicyclic) bond motifs is 1. The average Bonchev–Trinajstić information content (AvgIpc) is 4.26. The summed E-state index contributed by atoms with van der Waals surface area (Å²) in [6.07, 6.45) is 6.95. The molecule has 7 aromatic heterocycles. The van der Waals surface area contributed by atoms with Crippen molar-refractivity contribution in [3.05, 3.63) is 54.4 Å². The van der Waals surface area contributed by atoms with Crippen LogP contribution in [-0.2, 0) is 49.5 Å². The van der Waals surface area contributed by atoms with Crippen molar-refractivity contribution in [3.63, 3.8) is 0 Å². The van der Waals surface area contributed by atoms with Crippen LogP contribution in [0.15, 0.2) is 31.4 Å². The number of imidazole rings is 3. The smallest absolute Gasteiger partial charge is 0.226 e. The number of aliphatic hydroxyl groups excluding tert-OH is 3. The van der Waals surface area contributed by atoms with Crippen molar-refractivity contribution >= 4 is 46.2 Å².